The highest BCUT2D eigenvalue weighted by Gasteiger charge is 2.49. The fourth-order valence-electron chi connectivity index (χ4n) is 1.58. The maximum absolute atomic E-state index is 12.3. The SMILES string of the molecule is O=C(O)C1CN(O)CCC1C(F)(F)F. The lowest BCUT2D eigenvalue weighted by Gasteiger charge is -2.33. The quantitative estimate of drug-likeness (QED) is 0.681. The third kappa shape index (κ3) is 2.36. The third-order valence-electron chi connectivity index (χ3n) is 2.33. The summed E-state index contributed by atoms with van der Waals surface area (Å²) >= 11 is 0. The van der Waals surface area contributed by atoms with Gasteiger partial charge in [-0.25, -0.2) is 0 Å². The van der Waals surface area contributed by atoms with Crippen LogP contribution in [0.3, 0.4) is 0 Å². The summed E-state index contributed by atoms with van der Waals surface area (Å²) in [6, 6.07) is 0. The number of piperidine rings is 1. The van der Waals surface area contributed by atoms with E-state index in [1.807, 2.05) is 0 Å². The van der Waals surface area contributed by atoms with Crippen LogP contribution in [-0.4, -0.2) is 40.6 Å². The molecular formula is C7H10F3NO3. The lowest BCUT2D eigenvalue weighted by atomic mass is 9.86. The zero-order valence-corrected chi connectivity index (χ0v) is 7.16. The number of rotatable bonds is 1. The van der Waals surface area contributed by atoms with Crippen LogP contribution in [0.4, 0.5) is 13.2 Å². The molecule has 1 heterocycles. The van der Waals surface area contributed by atoms with Crippen LogP contribution in [-0.2, 0) is 4.79 Å². The first-order chi connectivity index (χ1) is 6.32. The average Bonchev–Trinajstić information content (AvgIpc) is 2.01. The van der Waals surface area contributed by atoms with Gasteiger partial charge in [0.1, 0.15) is 0 Å². The first-order valence-electron chi connectivity index (χ1n) is 4.05. The molecule has 14 heavy (non-hydrogen) atoms. The highest BCUT2D eigenvalue weighted by atomic mass is 19.4. The van der Waals surface area contributed by atoms with Crippen molar-refractivity contribution in [3.8, 4) is 0 Å². The minimum absolute atomic E-state index is 0.145. The van der Waals surface area contributed by atoms with Gasteiger partial charge in [0.25, 0.3) is 0 Å². The molecule has 0 aromatic carbocycles. The molecule has 1 saturated heterocycles. The number of hydrogen-bond donors (Lipinski definition) is 2. The van der Waals surface area contributed by atoms with E-state index in [9.17, 15) is 18.0 Å². The second kappa shape index (κ2) is 3.74. The van der Waals surface area contributed by atoms with Gasteiger partial charge in [-0.1, -0.05) is 0 Å². The van der Waals surface area contributed by atoms with Crippen LogP contribution in [0.2, 0.25) is 0 Å². The van der Waals surface area contributed by atoms with E-state index in [4.69, 9.17) is 10.3 Å². The predicted octanol–water partition coefficient (Wildman–Crippen LogP) is 0.961. The number of hydrogen-bond acceptors (Lipinski definition) is 3. The summed E-state index contributed by atoms with van der Waals surface area (Å²) in [5.74, 6) is -4.96. The molecule has 0 bridgehead atoms. The van der Waals surface area contributed by atoms with E-state index >= 15 is 0 Å². The second-order valence-electron chi connectivity index (χ2n) is 3.29. The molecule has 0 amide bonds. The van der Waals surface area contributed by atoms with Gasteiger partial charge in [0, 0.05) is 13.1 Å². The molecule has 2 unspecified atom stereocenters. The van der Waals surface area contributed by atoms with Gasteiger partial charge < -0.3 is 10.3 Å². The summed E-state index contributed by atoms with van der Waals surface area (Å²) in [5, 5.41) is 18.1. The van der Waals surface area contributed by atoms with Crippen molar-refractivity contribution in [3.63, 3.8) is 0 Å². The molecule has 1 aliphatic rings. The molecule has 0 aromatic heterocycles. The zero-order valence-electron chi connectivity index (χ0n) is 7.16. The molecule has 0 spiro atoms. The standard InChI is InChI=1S/C7H10F3NO3/c8-7(9,10)5-1-2-11(14)3-4(5)6(12)13/h4-5,14H,1-3H2,(H,12,13). The molecule has 1 rings (SSSR count). The van der Waals surface area contributed by atoms with E-state index in [0.717, 1.165) is 0 Å². The van der Waals surface area contributed by atoms with Crippen molar-refractivity contribution in [2.45, 2.75) is 12.6 Å². The Morgan fingerprint density at radius 2 is 2.00 bits per heavy atom. The van der Waals surface area contributed by atoms with Gasteiger partial charge in [0.05, 0.1) is 11.8 Å². The van der Waals surface area contributed by atoms with Gasteiger partial charge in [0.15, 0.2) is 0 Å². The number of carboxylic acids is 1. The van der Waals surface area contributed by atoms with Crippen molar-refractivity contribution < 1.29 is 28.3 Å². The fourth-order valence-corrected chi connectivity index (χ4v) is 1.58. The third-order valence-corrected chi connectivity index (χ3v) is 2.33. The van der Waals surface area contributed by atoms with Crippen LogP contribution in [0.1, 0.15) is 6.42 Å². The lowest BCUT2D eigenvalue weighted by molar-refractivity contribution is -0.227. The molecule has 2 N–H and O–H groups in total. The Balaban J connectivity index is 2.78. The Labute approximate surface area is 77.9 Å². The first kappa shape index (κ1) is 11.3. The highest BCUT2D eigenvalue weighted by molar-refractivity contribution is 5.70. The Hall–Kier alpha value is -0.820. The van der Waals surface area contributed by atoms with E-state index in [-0.39, 0.29) is 13.0 Å². The molecule has 4 nitrogen and oxygen atoms in total. The van der Waals surface area contributed by atoms with Crippen molar-refractivity contribution in [2.75, 3.05) is 13.1 Å². The van der Waals surface area contributed by atoms with Gasteiger partial charge in [-0.05, 0) is 6.42 Å². The Morgan fingerprint density at radius 3 is 2.43 bits per heavy atom. The molecule has 82 valence electrons. The van der Waals surface area contributed by atoms with Crippen LogP contribution >= 0.6 is 0 Å². The Morgan fingerprint density at radius 1 is 1.43 bits per heavy atom. The Bertz CT molecular complexity index is 231. The average molecular weight is 213 g/mol. The number of nitrogens with zero attached hydrogens (tertiary/aromatic N) is 1. The number of aliphatic carboxylic acids is 1. The molecule has 2 atom stereocenters. The van der Waals surface area contributed by atoms with Gasteiger partial charge in [-0.2, -0.15) is 18.2 Å². The second-order valence-corrected chi connectivity index (χ2v) is 3.29. The lowest BCUT2D eigenvalue weighted by Crippen LogP contribution is -2.47. The molecule has 1 aliphatic heterocycles. The molecule has 0 aliphatic carbocycles. The molecule has 7 heteroatoms. The summed E-state index contributed by atoms with van der Waals surface area (Å²) in [6.45, 7) is -0.618. The zero-order chi connectivity index (χ0) is 10.9. The number of halogens is 3. The van der Waals surface area contributed by atoms with Crippen LogP contribution in [0.15, 0.2) is 0 Å². The van der Waals surface area contributed by atoms with E-state index in [1.165, 1.54) is 0 Å². The largest absolute Gasteiger partial charge is 0.481 e. The van der Waals surface area contributed by atoms with E-state index in [2.05, 4.69) is 0 Å². The molecule has 0 saturated carbocycles. The number of carboxylic acid groups (broad SMARTS) is 1. The normalized spacial score (nSPS) is 30.3. The van der Waals surface area contributed by atoms with Gasteiger partial charge >= 0.3 is 12.1 Å². The number of carbonyl (C=O) groups is 1. The van der Waals surface area contributed by atoms with Crippen molar-refractivity contribution in [2.24, 2.45) is 11.8 Å². The van der Waals surface area contributed by atoms with Crippen LogP contribution in [0, 0.1) is 11.8 Å². The fraction of sp³-hybridized carbons (Fsp3) is 0.857. The summed E-state index contributed by atoms with van der Waals surface area (Å²) in [4.78, 5) is 10.5. The highest BCUT2D eigenvalue weighted by Crippen LogP contribution is 2.37. The van der Waals surface area contributed by atoms with Crippen molar-refractivity contribution in [1.29, 1.82) is 0 Å². The van der Waals surface area contributed by atoms with Crippen LogP contribution < -0.4 is 0 Å². The molecule has 0 aromatic rings. The maximum Gasteiger partial charge on any atom is 0.392 e. The Kier molecular flexibility index (Phi) is 3.01. The van der Waals surface area contributed by atoms with Crippen molar-refractivity contribution >= 4 is 5.97 Å². The summed E-state index contributed by atoms with van der Waals surface area (Å²) < 4.78 is 36.9. The first-order valence-corrected chi connectivity index (χ1v) is 4.05. The van der Waals surface area contributed by atoms with Crippen molar-refractivity contribution in [1.82, 2.24) is 5.06 Å². The van der Waals surface area contributed by atoms with E-state index in [0.29, 0.717) is 5.06 Å². The number of hydroxylamine groups is 2. The minimum Gasteiger partial charge on any atom is -0.481 e. The molecule has 0 radical (unpaired) electrons. The monoisotopic (exact) mass is 213 g/mol. The van der Waals surface area contributed by atoms with Gasteiger partial charge in [-0.15, -0.1) is 0 Å². The summed E-state index contributed by atoms with van der Waals surface area (Å²) in [5.41, 5.74) is 0. The van der Waals surface area contributed by atoms with Gasteiger partial charge in [-0.3, -0.25) is 4.79 Å². The number of alkyl halides is 3. The van der Waals surface area contributed by atoms with Gasteiger partial charge in [0.2, 0.25) is 0 Å². The summed E-state index contributed by atoms with van der Waals surface area (Å²) in [6.07, 6.45) is -4.89. The van der Waals surface area contributed by atoms with Crippen LogP contribution in [0.25, 0.3) is 0 Å². The molecule has 1 fully saturated rings. The van der Waals surface area contributed by atoms with Crippen molar-refractivity contribution in [3.05, 3.63) is 0 Å². The topological polar surface area (TPSA) is 60.8 Å². The van der Waals surface area contributed by atoms with E-state index < -0.39 is 30.5 Å². The molecular weight excluding hydrogens is 203 g/mol. The minimum atomic E-state index is -4.51. The van der Waals surface area contributed by atoms with Crippen LogP contribution in [0.5, 0.6) is 0 Å². The smallest absolute Gasteiger partial charge is 0.392 e. The predicted molar refractivity (Wildman–Crippen MR) is 38.6 cm³/mol. The summed E-state index contributed by atoms with van der Waals surface area (Å²) in [7, 11) is 0. The van der Waals surface area contributed by atoms with E-state index in [1.54, 1.807) is 0 Å². The maximum atomic E-state index is 12.3.